The molecule has 1 aliphatic rings. The molecule has 4 nitrogen and oxygen atoms in total. The van der Waals surface area contributed by atoms with Crippen molar-refractivity contribution in [3.05, 3.63) is 60.3 Å². The van der Waals surface area contributed by atoms with Crippen LogP contribution in [0.4, 0.5) is 0 Å². The summed E-state index contributed by atoms with van der Waals surface area (Å²) in [5, 5.41) is 3.14. The summed E-state index contributed by atoms with van der Waals surface area (Å²) in [6.07, 6.45) is 6.21. The highest BCUT2D eigenvalue weighted by atomic mass is 16.5. The first kappa shape index (κ1) is 15.5. The smallest absolute Gasteiger partial charge is 0.224 e. The number of hydrogen-bond donors (Lipinski definition) is 1. The molecule has 1 aliphatic carbocycles. The summed E-state index contributed by atoms with van der Waals surface area (Å²) in [5.41, 5.74) is 1.05. The fourth-order valence-corrected chi connectivity index (χ4v) is 2.97. The molecule has 0 saturated heterocycles. The molecule has 0 atom stereocenters. The van der Waals surface area contributed by atoms with Crippen LogP contribution < -0.4 is 10.1 Å². The number of carbonyl (C=O) groups excluding carboxylic acids is 1. The number of ether oxygens (including phenoxy) is 1. The fourth-order valence-electron chi connectivity index (χ4n) is 2.97. The number of benzene rings is 1. The zero-order valence-electron chi connectivity index (χ0n) is 13.2. The second-order valence-corrected chi connectivity index (χ2v) is 5.99. The maximum Gasteiger partial charge on any atom is 0.224 e. The van der Waals surface area contributed by atoms with E-state index in [1.807, 2.05) is 48.5 Å². The molecular formula is C19H22N2O2. The van der Waals surface area contributed by atoms with Gasteiger partial charge in [0.05, 0.1) is 6.42 Å². The summed E-state index contributed by atoms with van der Waals surface area (Å²) in [4.78, 5) is 16.3. The van der Waals surface area contributed by atoms with Gasteiger partial charge in [-0.3, -0.25) is 4.79 Å². The molecule has 0 radical (unpaired) electrons. The predicted molar refractivity (Wildman–Crippen MR) is 89.2 cm³/mol. The van der Waals surface area contributed by atoms with Gasteiger partial charge in [0.15, 0.2) is 0 Å². The molecule has 1 aromatic carbocycles. The predicted octanol–water partition coefficient (Wildman–Crippen LogP) is 3.13. The van der Waals surface area contributed by atoms with Gasteiger partial charge in [-0.25, -0.2) is 4.98 Å². The van der Waals surface area contributed by atoms with E-state index in [2.05, 4.69) is 10.3 Å². The average Bonchev–Trinajstić information content (AvgIpc) is 2.58. The molecule has 1 amide bonds. The number of aromatic nitrogens is 1. The van der Waals surface area contributed by atoms with Gasteiger partial charge in [-0.1, -0.05) is 36.4 Å². The Morgan fingerprint density at radius 2 is 1.78 bits per heavy atom. The lowest BCUT2D eigenvalue weighted by Gasteiger charge is -2.29. The van der Waals surface area contributed by atoms with Gasteiger partial charge in [-0.05, 0) is 37.3 Å². The van der Waals surface area contributed by atoms with Crippen molar-refractivity contribution in [2.45, 2.75) is 44.2 Å². The van der Waals surface area contributed by atoms with Crippen molar-refractivity contribution in [2.75, 3.05) is 0 Å². The SMILES string of the molecule is O=C(Cc1ccccc1)NC1CCC(Oc2ccccn2)CC1. The van der Waals surface area contributed by atoms with Crippen LogP contribution in [0.1, 0.15) is 31.2 Å². The maximum absolute atomic E-state index is 12.1. The van der Waals surface area contributed by atoms with E-state index in [9.17, 15) is 4.79 Å². The second-order valence-electron chi connectivity index (χ2n) is 5.99. The van der Waals surface area contributed by atoms with Crippen LogP contribution in [0, 0.1) is 0 Å². The van der Waals surface area contributed by atoms with Crippen LogP contribution in [0.3, 0.4) is 0 Å². The molecular weight excluding hydrogens is 288 g/mol. The minimum Gasteiger partial charge on any atom is -0.474 e. The third-order valence-electron chi connectivity index (χ3n) is 4.17. The lowest BCUT2D eigenvalue weighted by atomic mass is 9.92. The van der Waals surface area contributed by atoms with Crippen molar-refractivity contribution in [1.82, 2.24) is 10.3 Å². The number of pyridine rings is 1. The minimum absolute atomic E-state index is 0.102. The molecule has 4 heteroatoms. The first-order valence-electron chi connectivity index (χ1n) is 8.20. The number of nitrogens with one attached hydrogen (secondary N) is 1. The lowest BCUT2D eigenvalue weighted by Crippen LogP contribution is -2.40. The van der Waals surface area contributed by atoms with Crippen molar-refractivity contribution >= 4 is 5.91 Å². The molecule has 1 heterocycles. The van der Waals surface area contributed by atoms with Gasteiger partial charge in [0, 0.05) is 18.3 Å². The standard InChI is InChI=1S/C19H22N2O2/c22-18(14-15-6-2-1-3-7-15)21-16-9-11-17(12-10-16)23-19-8-4-5-13-20-19/h1-8,13,16-17H,9-12,14H2,(H,21,22). The van der Waals surface area contributed by atoms with E-state index in [-0.39, 0.29) is 18.1 Å². The number of hydrogen-bond acceptors (Lipinski definition) is 3. The third kappa shape index (κ3) is 4.81. The molecule has 0 bridgehead atoms. The maximum atomic E-state index is 12.1. The first-order chi connectivity index (χ1) is 11.3. The molecule has 1 N–H and O–H groups in total. The Kier molecular flexibility index (Phi) is 5.25. The average molecular weight is 310 g/mol. The van der Waals surface area contributed by atoms with Crippen molar-refractivity contribution in [1.29, 1.82) is 0 Å². The van der Waals surface area contributed by atoms with Gasteiger partial charge < -0.3 is 10.1 Å². The Labute approximate surface area is 136 Å². The number of nitrogens with zero attached hydrogens (tertiary/aromatic N) is 1. The summed E-state index contributed by atoms with van der Waals surface area (Å²) in [5.74, 6) is 0.786. The minimum atomic E-state index is 0.102. The number of rotatable bonds is 5. The van der Waals surface area contributed by atoms with Gasteiger partial charge >= 0.3 is 0 Å². The quantitative estimate of drug-likeness (QED) is 0.923. The Morgan fingerprint density at radius 3 is 2.48 bits per heavy atom. The van der Waals surface area contributed by atoms with Crippen LogP contribution in [0.25, 0.3) is 0 Å². The Bertz CT molecular complexity index is 608. The second kappa shape index (κ2) is 7.77. The van der Waals surface area contributed by atoms with Crippen LogP contribution in [0.5, 0.6) is 5.88 Å². The Hall–Kier alpha value is -2.36. The van der Waals surface area contributed by atoms with Gasteiger partial charge in [0.2, 0.25) is 11.8 Å². The van der Waals surface area contributed by atoms with Crippen molar-refractivity contribution in [2.24, 2.45) is 0 Å². The highest BCUT2D eigenvalue weighted by Gasteiger charge is 2.23. The molecule has 1 aromatic heterocycles. The van der Waals surface area contributed by atoms with Gasteiger partial charge in [-0.2, -0.15) is 0 Å². The third-order valence-corrected chi connectivity index (χ3v) is 4.17. The number of amides is 1. The van der Waals surface area contributed by atoms with E-state index in [4.69, 9.17) is 4.74 Å². The monoisotopic (exact) mass is 310 g/mol. The molecule has 2 aromatic rings. The topological polar surface area (TPSA) is 51.2 Å². The molecule has 3 rings (SSSR count). The van der Waals surface area contributed by atoms with Gasteiger partial charge in [0.1, 0.15) is 6.10 Å². The van der Waals surface area contributed by atoms with Crippen LogP contribution in [-0.2, 0) is 11.2 Å². The van der Waals surface area contributed by atoms with E-state index in [1.54, 1.807) is 6.20 Å². The van der Waals surface area contributed by atoms with E-state index in [0.717, 1.165) is 31.2 Å². The first-order valence-corrected chi connectivity index (χ1v) is 8.20. The lowest BCUT2D eigenvalue weighted by molar-refractivity contribution is -0.121. The molecule has 0 unspecified atom stereocenters. The highest BCUT2D eigenvalue weighted by Crippen LogP contribution is 2.22. The van der Waals surface area contributed by atoms with Crippen molar-refractivity contribution in [3.8, 4) is 5.88 Å². The summed E-state index contributed by atoms with van der Waals surface area (Å²) in [7, 11) is 0. The highest BCUT2D eigenvalue weighted by molar-refractivity contribution is 5.78. The Balaban J connectivity index is 1.41. The summed E-state index contributed by atoms with van der Waals surface area (Å²) in [6.45, 7) is 0. The molecule has 0 aliphatic heterocycles. The normalized spacial score (nSPS) is 20.7. The van der Waals surface area contributed by atoms with E-state index in [0.29, 0.717) is 12.3 Å². The van der Waals surface area contributed by atoms with Crippen molar-refractivity contribution < 1.29 is 9.53 Å². The Morgan fingerprint density at radius 1 is 1.04 bits per heavy atom. The molecule has 23 heavy (non-hydrogen) atoms. The van der Waals surface area contributed by atoms with E-state index >= 15 is 0 Å². The summed E-state index contributed by atoms with van der Waals surface area (Å²) >= 11 is 0. The van der Waals surface area contributed by atoms with E-state index in [1.165, 1.54) is 0 Å². The fraction of sp³-hybridized carbons (Fsp3) is 0.368. The summed E-state index contributed by atoms with van der Waals surface area (Å²) < 4.78 is 5.88. The summed E-state index contributed by atoms with van der Waals surface area (Å²) in [6, 6.07) is 15.8. The zero-order chi connectivity index (χ0) is 15.9. The number of carbonyl (C=O) groups is 1. The van der Waals surface area contributed by atoms with Crippen molar-refractivity contribution in [3.63, 3.8) is 0 Å². The van der Waals surface area contributed by atoms with E-state index < -0.39 is 0 Å². The van der Waals surface area contributed by atoms with Gasteiger partial charge in [-0.15, -0.1) is 0 Å². The molecule has 120 valence electrons. The van der Waals surface area contributed by atoms with Crippen LogP contribution in [0.15, 0.2) is 54.7 Å². The molecule has 0 spiro atoms. The molecule has 1 saturated carbocycles. The van der Waals surface area contributed by atoms with Gasteiger partial charge in [0.25, 0.3) is 0 Å². The largest absolute Gasteiger partial charge is 0.474 e. The molecule has 1 fully saturated rings. The zero-order valence-corrected chi connectivity index (χ0v) is 13.2. The van der Waals surface area contributed by atoms with Crippen LogP contribution in [0.2, 0.25) is 0 Å². The van der Waals surface area contributed by atoms with Crippen LogP contribution >= 0.6 is 0 Å². The van der Waals surface area contributed by atoms with Crippen LogP contribution in [-0.4, -0.2) is 23.0 Å².